The van der Waals surface area contributed by atoms with Crippen molar-refractivity contribution in [2.45, 2.75) is 13.0 Å². The number of aromatic nitrogens is 1. The number of nitrogens with one attached hydrogen (secondary N) is 2. The zero-order chi connectivity index (χ0) is 20.4. The van der Waals surface area contributed by atoms with Crippen molar-refractivity contribution in [2.75, 3.05) is 23.4 Å². The average Bonchev–Trinajstić information content (AvgIpc) is 2.64. The quantitative estimate of drug-likeness (QED) is 0.451. The molecule has 9 nitrogen and oxygen atoms in total. The predicted molar refractivity (Wildman–Crippen MR) is 102 cm³/mol. The lowest BCUT2D eigenvalue weighted by Crippen LogP contribution is -2.32. The van der Waals surface area contributed by atoms with E-state index in [0.29, 0.717) is 11.1 Å². The molecule has 0 fully saturated rings. The van der Waals surface area contributed by atoms with E-state index in [2.05, 4.69) is 20.6 Å². The molecule has 0 saturated carbocycles. The Morgan fingerprint density at radius 1 is 1.39 bits per heavy atom. The van der Waals surface area contributed by atoms with Crippen molar-refractivity contribution < 1.29 is 9.13 Å². The van der Waals surface area contributed by atoms with E-state index < -0.39 is 11.9 Å². The molecule has 6 N–H and O–H groups in total. The maximum atomic E-state index is 14.5. The molecule has 3 rings (SSSR count). The average molecular weight is 401 g/mol. The monoisotopic (exact) mass is 400 g/mol. The van der Waals surface area contributed by atoms with Gasteiger partial charge in [-0.25, -0.2) is 14.4 Å². The van der Waals surface area contributed by atoms with Gasteiger partial charge in [0.05, 0.1) is 17.3 Å². The van der Waals surface area contributed by atoms with Gasteiger partial charge in [-0.3, -0.25) is 5.32 Å². The molecule has 28 heavy (non-hydrogen) atoms. The van der Waals surface area contributed by atoms with Gasteiger partial charge in [-0.15, -0.1) is 0 Å². The van der Waals surface area contributed by atoms with Crippen molar-refractivity contribution >= 4 is 34.9 Å². The van der Waals surface area contributed by atoms with Crippen molar-refractivity contribution in [3.05, 3.63) is 39.7 Å². The first kappa shape index (κ1) is 19.0. The lowest BCUT2D eigenvalue weighted by Gasteiger charge is -2.26. The molecule has 142 valence electrons. The molecule has 0 bridgehead atoms. The molecule has 0 saturated heterocycles. The minimum Gasteiger partial charge on any atom is -0.489 e. The summed E-state index contributed by atoms with van der Waals surface area (Å²) in [5, 5.41) is 23.4. The Morgan fingerprint density at radius 3 is 2.75 bits per heavy atom. The number of nitriles is 2. The molecule has 11 heteroatoms. The normalized spacial score (nSPS) is 14.8. The number of hydrogen-bond donors (Lipinski definition) is 4. The first-order chi connectivity index (χ1) is 13.4. The van der Waals surface area contributed by atoms with E-state index in [1.165, 1.54) is 12.1 Å². The topological polar surface area (TPSA) is 158 Å². The number of benzene rings is 1. The number of ether oxygens (including phenoxy) is 1. The molecular weight excluding hydrogens is 387 g/mol. The van der Waals surface area contributed by atoms with Gasteiger partial charge in [-0.05, 0) is 24.6 Å². The van der Waals surface area contributed by atoms with Gasteiger partial charge in [0.2, 0.25) is 5.96 Å². The van der Waals surface area contributed by atoms with Crippen LogP contribution < -0.4 is 26.8 Å². The summed E-state index contributed by atoms with van der Waals surface area (Å²) in [5.74, 6) is -0.600. The number of guanidine groups is 1. The zero-order valence-corrected chi connectivity index (χ0v) is 15.3. The van der Waals surface area contributed by atoms with Gasteiger partial charge in [0.25, 0.3) is 0 Å². The minimum atomic E-state index is -0.894. The van der Waals surface area contributed by atoms with Crippen LogP contribution in [0.25, 0.3) is 0 Å². The number of nitrogen functional groups attached to an aromatic ring is 2. The number of aliphatic imine (C=N–C) groups is 1. The summed E-state index contributed by atoms with van der Waals surface area (Å²) in [6.07, 6.45) is 1.73. The molecule has 1 aliphatic heterocycles. The maximum Gasteiger partial charge on any atom is 0.211 e. The fourth-order valence-electron chi connectivity index (χ4n) is 2.84. The highest BCUT2D eigenvalue weighted by Gasteiger charge is 2.30. The Labute approximate surface area is 164 Å². The highest BCUT2D eigenvalue weighted by atomic mass is 35.5. The van der Waals surface area contributed by atoms with Crippen LogP contribution in [0.15, 0.2) is 17.1 Å². The Kier molecular flexibility index (Phi) is 5.07. The molecule has 1 unspecified atom stereocenters. The zero-order valence-electron chi connectivity index (χ0n) is 14.5. The van der Waals surface area contributed by atoms with E-state index in [1.807, 2.05) is 6.07 Å². The van der Waals surface area contributed by atoms with Crippen LogP contribution in [-0.2, 0) is 0 Å². The molecule has 0 spiro atoms. The maximum absolute atomic E-state index is 14.5. The van der Waals surface area contributed by atoms with Crippen LogP contribution in [0.2, 0.25) is 5.02 Å². The number of hydrogen-bond acceptors (Lipinski definition) is 9. The third kappa shape index (κ3) is 3.17. The Balaban J connectivity index is 2.23. The molecule has 1 aromatic heterocycles. The summed E-state index contributed by atoms with van der Waals surface area (Å²) in [4.78, 5) is 8.47. The number of halogens is 2. The third-order valence-electron chi connectivity index (χ3n) is 3.98. The van der Waals surface area contributed by atoms with Crippen molar-refractivity contribution in [3.8, 4) is 18.0 Å². The molecule has 1 aliphatic rings. The summed E-state index contributed by atoms with van der Waals surface area (Å²) < 4.78 is 19.7. The van der Waals surface area contributed by atoms with Crippen LogP contribution in [0, 0.1) is 28.6 Å². The van der Waals surface area contributed by atoms with E-state index in [-0.39, 0.29) is 46.2 Å². The van der Waals surface area contributed by atoms with Gasteiger partial charge in [0, 0.05) is 5.56 Å². The highest BCUT2D eigenvalue weighted by molar-refractivity contribution is 6.32. The van der Waals surface area contributed by atoms with E-state index in [9.17, 15) is 9.65 Å². The second kappa shape index (κ2) is 7.47. The number of nitrogens with two attached hydrogens (primary N) is 2. The Morgan fingerprint density at radius 2 is 2.14 bits per heavy atom. The molecule has 2 heterocycles. The van der Waals surface area contributed by atoms with E-state index in [1.54, 1.807) is 13.1 Å². The summed E-state index contributed by atoms with van der Waals surface area (Å²) >= 11 is 6.16. The number of rotatable bonds is 3. The first-order valence-corrected chi connectivity index (χ1v) is 8.39. The van der Waals surface area contributed by atoms with Gasteiger partial charge in [0.15, 0.2) is 17.8 Å². The predicted octanol–water partition coefficient (Wildman–Crippen LogP) is 2.25. The van der Waals surface area contributed by atoms with Crippen molar-refractivity contribution in [1.82, 2.24) is 10.3 Å². The van der Waals surface area contributed by atoms with Crippen LogP contribution in [-0.4, -0.2) is 17.6 Å². The third-order valence-corrected chi connectivity index (χ3v) is 4.26. The second-order valence-electron chi connectivity index (χ2n) is 5.65. The number of fused-ring (bicyclic) bond motifs is 1. The van der Waals surface area contributed by atoms with E-state index >= 15 is 0 Å². The van der Waals surface area contributed by atoms with Gasteiger partial charge in [-0.2, -0.15) is 10.5 Å². The standard InChI is InChI=1S/C17H14ClFN8O/c1-2-28-14-9(18)3-7(4-10(14)19)13-11-12(22)8(5-20)15(23)26-16(11)27-17(25-13)24-6-21/h3-4,13H,2H2,1H3,(H6,22,23,24,25,26,27). The SMILES string of the molecule is CCOc1c(F)cc(C2N=C(NC#N)Nc3nc(N)c(C#N)c(N)c32)cc1Cl. The van der Waals surface area contributed by atoms with Crippen LogP contribution in [0.4, 0.5) is 21.7 Å². The van der Waals surface area contributed by atoms with Gasteiger partial charge in [0.1, 0.15) is 29.3 Å². The van der Waals surface area contributed by atoms with Gasteiger partial charge < -0.3 is 21.5 Å². The molecule has 0 amide bonds. The van der Waals surface area contributed by atoms with Crippen molar-refractivity contribution in [3.63, 3.8) is 0 Å². The fraction of sp³-hybridized carbons (Fsp3) is 0.176. The smallest absolute Gasteiger partial charge is 0.211 e. The van der Waals surface area contributed by atoms with E-state index in [0.717, 1.165) is 0 Å². The van der Waals surface area contributed by atoms with Gasteiger partial charge >= 0.3 is 0 Å². The lowest BCUT2D eigenvalue weighted by molar-refractivity contribution is 0.321. The molecular formula is C17H14ClFN8O. The molecule has 2 aromatic rings. The Hall–Kier alpha value is -3.76. The van der Waals surface area contributed by atoms with Crippen molar-refractivity contribution in [1.29, 1.82) is 10.5 Å². The largest absolute Gasteiger partial charge is 0.489 e. The second-order valence-corrected chi connectivity index (χ2v) is 6.06. The lowest BCUT2D eigenvalue weighted by atomic mass is 9.95. The first-order valence-electron chi connectivity index (χ1n) is 8.01. The summed E-state index contributed by atoms with van der Waals surface area (Å²) in [7, 11) is 0. The number of nitrogens with zero attached hydrogens (tertiary/aromatic N) is 4. The number of anilines is 3. The van der Waals surface area contributed by atoms with E-state index in [4.69, 9.17) is 33.1 Å². The summed E-state index contributed by atoms with van der Waals surface area (Å²) in [6, 6.07) is 3.68. The molecule has 0 radical (unpaired) electrons. The molecule has 1 atom stereocenters. The van der Waals surface area contributed by atoms with Gasteiger partial charge in [-0.1, -0.05) is 11.6 Å². The minimum absolute atomic E-state index is 0.0186. The Bertz CT molecular complexity index is 1050. The molecule has 0 aliphatic carbocycles. The summed E-state index contributed by atoms with van der Waals surface area (Å²) in [6.45, 7) is 1.94. The van der Waals surface area contributed by atoms with Crippen molar-refractivity contribution in [2.24, 2.45) is 4.99 Å². The summed E-state index contributed by atoms with van der Waals surface area (Å²) in [5.41, 5.74) is 12.6. The molecule has 1 aromatic carbocycles. The van der Waals surface area contributed by atoms with Crippen LogP contribution in [0.1, 0.15) is 29.7 Å². The number of pyridine rings is 1. The fourth-order valence-corrected chi connectivity index (χ4v) is 3.11. The highest BCUT2D eigenvalue weighted by Crippen LogP contribution is 2.42. The van der Waals surface area contributed by atoms with Crippen LogP contribution >= 0.6 is 11.6 Å². The van der Waals surface area contributed by atoms with Crippen LogP contribution in [0.3, 0.4) is 0 Å². The van der Waals surface area contributed by atoms with Crippen LogP contribution in [0.5, 0.6) is 5.75 Å².